The molecule has 0 aromatic heterocycles. The van der Waals surface area contributed by atoms with E-state index in [2.05, 4.69) is 28.0 Å². The van der Waals surface area contributed by atoms with Gasteiger partial charge in [0.1, 0.15) is 24.3 Å². The summed E-state index contributed by atoms with van der Waals surface area (Å²) in [5.41, 5.74) is 10.5. The fourth-order valence-electron chi connectivity index (χ4n) is 4.94. The van der Waals surface area contributed by atoms with E-state index in [1.54, 1.807) is 31.4 Å². The monoisotopic (exact) mass is 563 g/mol. The summed E-state index contributed by atoms with van der Waals surface area (Å²) in [6.07, 6.45) is -0.169. The van der Waals surface area contributed by atoms with Gasteiger partial charge in [0.05, 0.1) is 38.0 Å². The zero-order valence-corrected chi connectivity index (χ0v) is 22.9. The third-order valence-corrected chi connectivity index (χ3v) is 7.19. The van der Waals surface area contributed by atoms with Crippen molar-refractivity contribution in [2.45, 2.75) is 31.7 Å². The molecule has 208 valence electrons. The van der Waals surface area contributed by atoms with Crippen LogP contribution in [-0.2, 0) is 4.79 Å². The van der Waals surface area contributed by atoms with E-state index in [1.165, 1.54) is 0 Å². The van der Waals surface area contributed by atoms with Crippen LogP contribution in [0, 0.1) is 0 Å². The van der Waals surface area contributed by atoms with Gasteiger partial charge in [0.25, 0.3) is 0 Å². The van der Waals surface area contributed by atoms with Crippen LogP contribution in [0.3, 0.4) is 0 Å². The van der Waals surface area contributed by atoms with Crippen molar-refractivity contribution in [3.63, 3.8) is 0 Å². The van der Waals surface area contributed by atoms with Crippen LogP contribution in [-0.4, -0.2) is 67.4 Å². The lowest BCUT2D eigenvalue weighted by Crippen LogP contribution is -2.48. The Bertz CT molecular complexity index is 1370. The number of anilines is 1. The van der Waals surface area contributed by atoms with Crippen LogP contribution < -0.4 is 36.0 Å². The molecule has 1 saturated heterocycles. The maximum Gasteiger partial charge on any atom is 0.488 e. The summed E-state index contributed by atoms with van der Waals surface area (Å²) in [6.45, 7) is 2.61. The number of nitrogens with one attached hydrogen (secondary N) is 3. The van der Waals surface area contributed by atoms with Gasteiger partial charge >= 0.3 is 7.12 Å². The van der Waals surface area contributed by atoms with Crippen molar-refractivity contribution in [1.29, 1.82) is 0 Å². The summed E-state index contributed by atoms with van der Waals surface area (Å²) in [4.78, 5) is 20.4. The van der Waals surface area contributed by atoms with Gasteiger partial charge in [0.2, 0.25) is 5.91 Å². The number of benzene rings is 3. The highest BCUT2D eigenvalue weighted by Gasteiger charge is 2.40. The number of methoxy groups -OCH3 is 1. The Morgan fingerprint density at radius 1 is 1.07 bits per heavy atom. The average molecular weight is 564 g/mol. The molecule has 3 atom stereocenters. The van der Waals surface area contributed by atoms with Crippen LogP contribution in [0.4, 0.5) is 5.69 Å². The quantitative estimate of drug-likeness (QED) is 0.195. The highest BCUT2D eigenvalue weighted by Crippen LogP contribution is 2.36. The standard InChI is InChI=1S/C28H31BClN5O5/c1-17-33-34-28-24(16-26(36)31-13-14-40-21-9-5-19(6-10-21)29(37)38)32-27(18-3-7-20(30)8-4-18)23-15-22(39-2)11-12-25(23)35(17)28/h3-12,15,17,24,28,33-34,37-38H,13-14,16H2,1-2H3,(H,31,36). The van der Waals surface area contributed by atoms with Gasteiger partial charge in [-0.25, -0.2) is 10.9 Å². The van der Waals surface area contributed by atoms with E-state index in [0.29, 0.717) is 28.5 Å². The number of halogens is 1. The highest BCUT2D eigenvalue weighted by molar-refractivity contribution is 6.58. The molecule has 0 radical (unpaired) electrons. The minimum Gasteiger partial charge on any atom is -0.497 e. The third-order valence-electron chi connectivity index (χ3n) is 6.94. The van der Waals surface area contributed by atoms with E-state index in [-0.39, 0.29) is 31.3 Å². The largest absolute Gasteiger partial charge is 0.497 e. The number of hydrazine groups is 1. The molecule has 10 nitrogen and oxygen atoms in total. The van der Waals surface area contributed by atoms with Gasteiger partial charge in [0.15, 0.2) is 0 Å². The Morgan fingerprint density at radius 3 is 2.50 bits per heavy atom. The molecule has 1 fully saturated rings. The number of amides is 1. The topological polar surface area (TPSA) is 128 Å². The Labute approximate surface area is 238 Å². The van der Waals surface area contributed by atoms with E-state index in [4.69, 9.17) is 26.1 Å². The van der Waals surface area contributed by atoms with Crippen molar-refractivity contribution >= 4 is 41.5 Å². The second-order valence-corrected chi connectivity index (χ2v) is 10.0. The molecule has 3 aromatic carbocycles. The maximum absolute atomic E-state index is 13.1. The van der Waals surface area contributed by atoms with Crippen molar-refractivity contribution in [3.05, 3.63) is 82.9 Å². The number of carbonyl (C=O) groups excluding carboxylic acids is 1. The number of ether oxygens (including phenoxy) is 2. The van der Waals surface area contributed by atoms with Gasteiger partial charge in [-0.1, -0.05) is 35.9 Å². The molecule has 2 heterocycles. The number of rotatable bonds is 9. The third kappa shape index (κ3) is 6.09. The first-order chi connectivity index (χ1) is 19.3. The zero-order valence-electron chi connectivity index (χ0n) is 22.2. The van der Waals surface area contributed by atoms with E-state index in [9.17, 15) is 14.8 Å². The lowest BCUT2D eigenvalue weighted by molar-refractivity contribution is -0.121. The molecule has 1 amide bonds. The molecule has 0 saturated carbocycles. The smallest absolute Gasteiger partial charge is 0.488 e. The lowest BCUT2D eigenvalue weighted by atomic mass is 9.80. The maximum atomic E-state index is 13.1. The Morgan fingerprint density at radius 2 is 1.80 bits per heavy atom. The van der Waals surface area contributed by atoms with Gasteiger partial charge in [-0.2, -0.15) is 0 Å². The van der Waals surface area contributed by atoms with Crippen molar-refractivity contribution in [2.75, 3.05) is 25.2 Å². The first-order valence-corrected chi connectivity index (χ1v) is 13.4. The SMILES string of the molecule is COc1ccc2c(c1)C(c1ccc(Cl)cc1)=NC(CC(=O)NCCOc1ccc(B(O)O)cc1)C1NNC(C)N21. The summed E-state index contributed by atoms with van der Waals surface area (Å²) in [6, 6.07) is 19.5. The van der Waals surface area contributed by atoms with Crippen LogP contribution in [0.2, 0.25) is 5.02 Å². The van der Waals surface area contributed by atoms with Crippen LogP contribution >= 0.6 is 11.6 Å². The summed E-state index contributed by atoms with van der Waals surface area (Å²) >= 11 is 6.17. The molecular formula is C28H31BClN5O5. The van der Waals surface area contributed by atoms with Crippen molar-refractivity contribution in [1.82, 2.24) is 16.2 Å². The summed E-state index contributed by atoms with van der Waals surface area (Å²) in [5.74, 6) is 1.12. The fraction of sp³-hybridized carbons (Fsp3) is 0.286. The molecule has 2 aliphatic heterocycles. The molecule has 0 bridgehead atoms. The lowest BCUT2D eigenvalue weighted by Gasteiger charge is -2.31. The minimum absolute atomic E-state index is 0.0470. The molecule has 5 rings (SSSR count). The molecule has 12 heteroatoms. The number of hydrogen-bond donors (Lipinski definition) is 5. The Hall–Kier alpha value is -3.61. The zero-order chi connectivity index (χ0) is 28.2. The molecule has 2 aliphatic rings. The van der Waals surface area contributed by atoms with Crippen molar-refractivity contribution < 1.29 is 24.3 Å². The number of hydrogen-bond acceptors (Lipinski definition) is 9. The van der Waals surface area contributed by atoms with Gasteiger partial charge in [-0.15, -0.1) is 0 Å². The van der Waals surface area contributed by atoms with E-state index >= 15 is 0 Å². The van der Waals surface area contributed by atoms with Crippen LogP contribution in [0.15, 0.2) is 71.7 Å². The fourth-order valence-corrected chi connectivity index (χ4v) is 5.07. The number of carbonyl (C=O) groups is 1. The van der Waals surface area contributed by atoms with Crippen LogP contribution in [0.5, 0.6) is 11.5 Å². The number of fused-ring (bicyclic) bond motifs is 3. The Balaban J connectivity index is 1.34. The van der Waals surface area contributed by atoms with Crippen LogP contribution in [0.1, 0.15) is 24.5 Å². The molecule has 3 unspecified atom stereocenters. The van der Waals surface area contributed by atoms with Crippen molar-refractivity contribution in [2.24, 2.45) is 4.99 Å². The molecule has 5 N–H and O–H groups in total. The molecule has 3 aromatic rings. The summed E-state index contributed by atoms with van der Waals surface area (Å²) in [5, 5.41) is 22.0. The molecular weight excluding hydrogens is 533 g/mol. The molecule has 0 spiro atoms. The van der Waals surface area contributed by atoms with E-state index in [1.807, 2.05) is 42.5 Å². The number of aliphatic imine (C=N–C) groups is 1. The van der Waals surface area contributed by atoms with E-state index < -0.39 is 13.2 Å². The molecule has 0 aliphatic carbocycles. The normalized spacial score (nSPS) is 19.7. The second-order valence-electron chi connectivity index (χ2n) is 9.60. The minimum atomic E-state index is -1.53. The predicted octanol–water partition coefficient (Wildman–Crippen LogP) is 1.42. The molecule has 40 heavy (non-hydrogen) atoms. The highest BCUT2D eigenvalue weighted by atomic mass is 35.5. The summed E-state index contributed by atoms with van der Waals surface area (Å²) in [7, 11) is 0.103. The first-order valence-electron chi connectivity index (χ1n) is 13.0. The van der Waals surface area contributed by atoms with Gasteiger partial charge in [-0.3, -0.25) is 9.79 Å². The van der Waals surface area contributed by atoms with Gasteiger partial charge < -0.3 is 29.7 Å². The number of nitrogens with zero attached hydrogens (tertiary/aromatic N) is 2. The Kier molecular flexibility index (Phi) is 8.58. The van der Waals surface area contributed by atoms with Gasteiger partial charge in [0, 0.05) is 21.8 Å². The van der Waals surface area contributed by atoms with Crippen molar-refractivity contribution in [3.8, 4) is 11.5 Å². The van der Waals surface area contributed by atoms with Gasteiger partial charge in [-0.05, 0) is 54.9 Å². The predicted molar refractivity (Wildman–Crippen MR) is 155 cm³/mol. The second kappa shape index (κ2) is 12.3. The average Bonchev–Trinajstić information content (AvgIpc) is 3.28. The first kappa shape index (κ1) is 27.9. The van der Waals surface area contributed by atoms with Crippen LogP contribution in [0.25, 0.3) is 0 Å². The van der Waals surface area contributed by atoms with E-state index in [0.717, 1.165) is 22.5 Å². The summed E-state index contributed by atoms with van der Waals surface area (Å²) < 4.78 is 11.2.